The van der Waals surface area contributed by atoms with Gasteiger partial charge in [-0.05, 0) is 18.8 Å². The molecule has 5 nitrogen and oxygen atoms in total. The third-order valence-corrected chi connectivity index (χ3v) is 3.30. The molecule has 2 amide bonds. The van der Waals surface area contributed by atoms with Gasteiger partial charge in [-0.3, -0.25) is 9.59 Å². The molecule has 1 N–H and O–H groups in total. The van der Waals surface area contributed by atoms with Gasteiger partial charge >= 0.3 is 11.8 Å². The van der Waals surface area contributed by atoms with Gasteiger partial charge in [0.2, 0.25) is 0 Å². The van der Waals surface area contributed by atoms with Crippen LogP contribution >= 0.6 is 0 Å². The minimum absolute atomic E-state index is 0.126. The highest BCUT2D eigenvalue weighted by molar-refractivity contribution is 6.35. The first kappa shape index (κ1) is 13.5. The normalized spacial score (nSPS) is 23.6. The lowest BCUT2D eigenvalue weighted by atomic mass is 9.86. The number of hydrogen-bond acceptors (Lipinski definition) is 3. The quantitative estimate of drug-likeness (QED) is 0.566. The molecule has 0 aliphatic heterocycles. The Kier molecular flexibility index (Phi) is 4.95. The van der Waals surface area contributed by atoms with Crippen LogP contribution in [0.4, 0.5) is 0 Å². The van der Waals surface area contributed by atoms with Crippen molar-refractivity contribution in [3.8, 4) is 6.07 Å². The van der Waals surface area contributed by atoms with Crippen molar-refractivity contribution in [1.82, 2.24) is 10.2 Å². The Hall–Kier alpha value is -1.57. The summed E-state index contributed by atoms with van der Waals surface area (Å²) in [6.45, 7) is 2.04. The summed E-state index contributed by atoms with van der Waals surface area (Å²) in [5.74, 6) is -0.627. The topological polar surface area (TPSA) is 73.2 Å². The zero-order valence-corrected chi connectivity index (χ0v) is 10.4. The Balaban J connectivity index is 2.51. The molecule has 2 unspecified atom stereocenters. The number of nitriles is 1. The van der Waals surface area contributed by atoms with E-state index >= 15 is 0 Å². The van der Waals surface area contributed by atoms with Gasteiger partial charge in [-0.15, -0.1) is 0 Å². The molecule has 1 fully saturated rings. The second kappa shape index (κ2) is 6.24. The Morgan fingerprint density at radius 3 is 2.76 bits per heavy atom. The minimum atomic E-state index is -0.688. The molecule has 17 heavy (non-hydrogen) atoms. The molecule has 0 heterocycles. The molecule has 0 aromatic rings. The molecule has 0 bridgehead atoms. The Labute approximate surface area is 102 Å². The summed E-state index contributed by atoms with van der Waals surface area (Å²) in [5.41, 5.74) is 0. The van der Waals surface area contributed by atoms with Gasteiger partial charge in [-0.1, -0.05) is 19.8 Å². The molecule has 0 spiro atoms. The van der Waals surface area contributed by atoms with Gasteiger partial charge in [-0.25, -0.2) is 0 Å². The van der Waals surface area contributed by atoms with Crippen molar-refractivity contribution in [3.63, 3.8) is 0 Å². The summed E-state index contributed by atoms with van der Waals surface area (Å²) in [6, 6.07) is 1.93. The second-order valence-electron chi connectivity index (χ2n) is 4.68. The average Bonchev–Trinajstić information content (AvgIpc) is 2.34. The van der Waals surface area contributed by atoms with Gasteiger partial charge in [0.05, 0.1) is 6.07 Å². The number of hydrogen-bond donors (Lipinski definition) is 1. The molecule has 2 atom stereocenters. The van der Waals surface area contributed by atoms with Gasteiger partial charge in [0.15, 0.2) is 0 Å². The number of nitrogens with one attached hydrogen (secondary N) is 1. The van der Waals surface area contributed by atoms with E-state index in [1.807, 2.05) is 0 Å². The van der Waals surface area contributed by atoms with Crippen LogP contribution in [0.5, 0.6) is 0 Å². The molecular weight excluding hydrogens is 218 g/mol. The fourth-order valence-electron chi connectivity index (χ4n) is 2.28. The van der Waals surface area contributed by atoms with Crippen LogP contribution in [0.1, 0.15) is 32.6 Å². The largest absolute Gasteiger partial charge is 0.335 e. The van der Waals surface area contributed by atoms with Crippen LogP contribution in [0.2, 0.25) is 0 Å². The van der Waals surface area contributed by atoms with E-state index in [0.29, 0.717) is 5.92 Å². The van der Waals surface area contributed by atoms with Crippen LogP contribution in [0.25, 0.3) is 0 Å². The third-order valence-electron chi connectivity index (χ3n) is 3.30. The molecule has 1 aliphatic carbocycles. The summed E-state index contributed by atoms with van der Waals surface area (Å²) in [6.07, 6.45) is 4.20. The Morgan fingerprint density at radius 2 is 2.18 bits per heavy atom. The number of rotatable bonds is 2. The highest BCUT2D eigenvalue weighted by Crippen LogP contribution is 2.26. The molecule has 0 radical (unpaired) electrons. The van der Waals surface area contributed by atoms with E-state index in [2.05, 4.69) is 12.2 Å². The molecule has 0 aromatic carbocycles. The molecule has 1 saturated carbocycles. The van der Waals surface area contributed by atoms with E-state index in [4.69, 9.17) is 5.26 Å². The predicted molar refractivity (Wildman–Crippen MR) is 62.8 cm³/mol. The zero-order valence-electron chi connectivity index (χ0n) is 10.4. The van der Waals surface area contributed by atoms with Gasteiger partial charge < -0.3 is 10.2 Å². The second-order valence-corrected chi connectivity index (χ2v) is 4.68. The fraction of sp³-hybridized carbons (Fsp3) is 0.750. The summed E-state index contributed by atoms with van der Waals surface area (Å²) < 4.78 is 0. The van der Waals surface area contributed by atoms with E-state index < -0.39 is 11.8 Å². The first-order chi connectivity index (χ1) is 8.06. The lowest BCUT2D eigenvalue weighted by Crippen LogP contribution is -2.47. The number of carbonyl (C=O) groups excluding carboxylic acids is 2. The van der Waals surface area contributed by atoms with E-state index in [1.165, 1.54) is 11.3 Å². The van der Waals surface area contributed by atoms with E-state index in [1.54, 1.807) is 13.1 Å². The summed E-state index contributed by atoms with van der Waals surface area (Å²) in [4.78, 5) is 24.7. The number of nitrogens with zero attached hydrogens (tertiary/aromatic N) is 2. The van der Waals surface area contributed by atoms with Gasteiger partial charge in [0, 0.05) is 13.1 Å². The fourth-order valence-corrected chi connectivity index (χ4v) is 2.28. The van der Waals surface area contributed by atoms with Crippen molar-refractivity contribution in [2.45, 2.75) is 38.6 Å². The van der Waals surface area contributed by atoms with Crippen LogP contribution in [0, 0.1) is 17.2 Å². The van der Waals surface area contributed by atoms with Gasteiger partial charge in [-0.2, -0.15) is 5.26 Å². The zero-order chi connectivity index (χ0) is 12.8. The molecular formula is C12H19N3O2. The van der Waals surface area contributed by atoms with Crippen LogP contribution in [0.3, 0.4) is 0 Å². The summed E-state index contributed by atoms with van der Waals surface area (Å²) in [7, 11) is 1.66. The van der Waals surface area contributed by atoms with Crippen molar-refractivity contribution >= 4 is 11.8 Å². The minimum Gasteiger partial charge on any atom is -0.335 e. The first-order valence-electron chi connectivity index (χ1n) is 5.98. The molecule has 94 valence electrons. The summed E-state index contributed by atoms with van der Waals surface area (Å²) >= 11 is 0. The van der Waals surface area contributed by atoms with Crippen molar-refractivity contribution in [3.05, 3.63) is 0 Å². The van der Waals surface area contributed by atoms with Crippen molar-refractivity contribution in [2.75, 3.05) is 13.6 Å². The molecule has 1 aliphatic rings. The average molecular weight is 237 g/mol. The maximum absolute atomic E-state index is 11.8. The first-order valence-corrected chi connectivity index (χ1v) is 5.98. The van der Waals surface area contributed by atoms with E-state index in [9.17, 15) is 9.59 Å². The smallest absolute Gasteiger partial charge is 0.311 e. The lowest BCUT2D eigenvalue weighted by Gasteiger charge is -2.33. The Morgan fingerprint density at radius 1 is 1.47 bits per heavy atom. The lowest BCUT2D eigenvalue weighted by molar-refractivity contribution is -0.146. The summed E-state index contributed by atoms with van der Waals surface area (Å²) in [5, 5.41) is 10.6. The standard InChI is InChI=1S/C12H19N3O2/c1-9-4-3-5-10(8-9)15(2)12(17)11(16)14-7-6-13/h9-10H,3-5,7-8H2,1-2H3,(H,14,16). The Bertz CT molecular complexity index is 335. The van der Waals surface area contributed by atoms with Crippen LogP contribution in [-0.4, -0.2) is 36.3 Å². The van der Waals surface area contributed by atoms with Crippen molar-refractivity contribution < 1.29 is 9.59 Å². The van der Waals surface area contributed by atoms with Crippen LogP contribution < -0.4 is 5.32 Å². The number of likely N-dealkylation sites (N-methyl/N-ethyl adjacent to an activating group) is 1. The van der Waals surface area contributed by atoms with E-state index in [0.717, 1.165) is 19.3 Å². The maximum atomic E-state index is 11.8. The monoisotopic (exact) mass is 237 g/mol. The molecule has 0 saturated heterocycles. The van der Waals surface area contributed by atoms with Gasteiger partial charge in [0.25, 0.3) is 0 Å². The number of carbonyl (C=O) groups is 2. The van der Waals surface area contributed by atoms with Crippen molar-refractivity contribution in [2.24, 2.45) is 5.92 Å². The highest BCUT2D eigenvalue weighted by Gasteiger charge is 2.28. The van der Waals surface area contributed by atoms with Crippen LogP contribution in [0.15, 0.2) is 0 Å². The molecule has 0 aromatic heterocycles. The number of amides is 2. The SMILES string of the molecule is CC1CCCC(N(C)C(=O)C(=O)NCC#N)C1. The van der Waals surface area contributed by atoms with Gasteiger partial charge in [0.1, 0.15) is 6.54 Å². The molecule has 5 heteroatoms. The maximum Gasteiger partial charge on any atom is 0.311 e. The third kappa shape index (κ3) is 3.74. The van der Waals surface area contributed by atoms with Crippen LogP contribution in [-0.2, 0) is 9.59 Å². The predicted octanol–water partition coefficient (Wildman–Crippen LogP) is 0.663. The molecule has 1 rings (SSSR count). The van der Waals surface area contributed by atoms with E-state index in [-0.39, 0.29) is 12.6 Å². The van der Waals surface area contributed by atoms with Crippen molar-refractivity contribution in [1.29, 1.82) is 5.26 Å². The highest BCUT2D eigenvalue weighted by atomic mass is 16.2.